The van der Waals surface area contributed by atoms with Gasteiger partial charge < -0.3 is 24.7 Å². The molecule has 1 aromatic carbocycles. The first-order valence-corrected chi connectivity index (χ1v) is 7.47. The summed E-state index contributed by atoms with van der Waals surface area (Å²) in [6.07, 6.45) is 4.26. The second kappa shape index (κ2) is 5.99. The van der Waals surface area contributed by atoms with Crippen LogP contribution in [-0.2, 0) is 14.3 Å². The van der Waals surface area contributed by atoms with Gasteiger partial charge in [0.25, 0.3) is 0 Å². The molecule has 3 rings (SSSR count). The Morgan fingerprint density at radius 3 is 2.38 bits per heavy atom. The maximum Gasteiger partial charge on any atom is 0.339 e. The average molecular weight is 330 g/mol. The normalized spacial score (nSPS) is 23.7. The number of fused-ring (bicyclic) bond motifs is 3. The average Bonchev–Trinajstić information content (AvgIpc) is 3.08. The van der Waals surface area contributed by atoms with E-state index in [4.69, 9.17) is 9.47 Å². The number of aliphatic carboxylic acids is 1. The Hall–Kier alpha value is -2.83. The Balaban J connectivity index is 2.24. The van der Waals surface area contributed by atoms with Crippen LogP contribution in [-0.4, -0.2) is 38.2 Å². The highest BCUT2D eigenvalue weighted by Gasteiger charge is 2.41. The number of carbonyl (C=O) groups excluding carboxylic acids is 3. The molecule has 7 nitrogen and oxygen atoms in total. The van der Waals surface area contributed by atoms with Gasteiger partial charge >= 0.3 is 11.9 Å². The molecule has 0 saturated carbocycles. The summed E-state index contributed by atoms with van der Waals surface area (Å²) in [4.78, 5) is 35.7. The fourth-order valence-corrected chi connectivity index (χ4v) is 3.51. The van der Waals surface area contributed by atoms with Crippen molar-refractivity contribution in [1.29, 1.82) is 0 Å². The number of esters is 2. The van der Waals surface area contributed by atoms with Crippen LogP contribution in [0.15, 0.2) is 24.3 Å². The molecular weight excluding hydrogens is 314 g/mol. The van der Waals surface area contributed by atoms with E-state index in [1.165, 1.54) is 26.4 Å². The molecule has 1 N–H and O–H groups in total. The number of hydrogen-bond acceptors (Lipinski definition) is 7. The fourth-order valence-electron chi connectivity index (χ4n) is 3.51. The molecule has 2 aliphatic rings. The third-order valence-electron chi connectivity index (χ3n) is 4.58. The Labute approximate surface area is 138 Å². The van der Waals surface area contributed by atoms with Gasteiger partial charge in [-0.15, -0.1) is 0 Å². The number of nitrogens with one attached hydrogen (secondary N) is 1. The lowest BCUT2D eigenvalue weighted by molar-refractivity contribution is -0.308. The lowest BCUT2D eigenvalue weighted by atomic mass is 9.76. The Morgan fingerprint density at radius 1 is 1.12 bits per heavy atom. The lowest BCUT2D eigenvalue weighted by Gasteiger charge is -2.39. The highest BCUT2D eigenvalue weighted by Crippen LogP contribution is 2.47. The molecule has 0 radical (unpaired) electrons. The van der Waals surface area contributed by atoms with Crippen molar-refractivity contribution in [2.75, 3.05) is 19.5 Å². The van der Waals surface area contributed by atoms with Gasteiger partial charge in [0.2, 0.25) is 0 Å². The molecule has 24 heavy (non-hydrogen) atoms. The number of ether oxygens (including phenoxy) is 2. The third kappa shape index (κ3) is 2.33. The largest absolute Gasteiger partial charge is 0.548 e. The summed E-state index contributed by atoms with van der Waals surface area (Å²) in [7, 11) is 2.51. The number of benzene rings is 1. The van der Waals surface area contributed by atoms with Crippen molar-refractivity contribution >= 4 is 23.6 Å². The number of hydrogen-bond donors (Lipinski definition) is 1. The molecule has 0 bridgehead atoms. The van der Waals surface area contributed by atoms with Crippen LogP contribution in [0.4, 0.5) is 5.69 Å². The summed E-state index contributed by atoms with van der Waals surface area (Å²) in [5, 5.41) is 14.4. The van der Waals surface area contributed by atoms with Crippen molar-refractivity contribution < 1.29 is 29.0 Å². The van der Waals surface area contributed by atoms with Crippen LogP contribution >= 0.6 is 0 Å². The second-order valence-corrected chi connectivity index (χ2v) is 5.73. The minimum absolute atomic E-state index is 0.171. The first kappa shape index (κ1) is 16.0. The minimum atomic E-state index is -1.25. The number of allylic oxidation sites excluding steroid dienone is 2. The van der Waals surface area contributed by atoms with Gasteiger partial charge in [0.05, 0.1) is 43.0 Å². The number of carbonyl (C=O) groups is 3. The van der Waals surface area contributed by atoms with Crippen LogP contribution in [0.5, 0.6) is 0 Å². The number of carboxylic acid groups (broad SMARTS) is 1. The molecule has 1 aliphatic heterocycles. The summed E-state index contributed by atoms with van der Waals surface area (Å²) < 4.78 is 9.58. The third-order valence-corrected chi connectivity index (χ3v) is 4.58. The Morgan fingerprint density at radius 2 is 1.75 bits per heavy atom. The summed E-state index contributed by atoms with van der Waals surface area (Å²) in [6.45, 7) is 0. The Kier molecular flexibility index (Phi) is 4.01. The zero-order chi connectivity index (χ0) is 17.4. The van der Waals surface area contributed by atoms with E-state index in [9.17, 15) is 19.5 Å². The molecular formula is C17H16NO6-. The molecule has 1 aliphatic carbocycles. The van der Waals surface area contributed by atoms with Gasteiger partial charge in [0.1, 0.15) is 0 Å². The zero-order valence-electron chi connectivity index (χ0n) is 13.2. The van der Waals surface area contributed by atoms with E-state index >= 15 is 0 Å². The van der Waals surface area contributed by atoms with Gasteiger partial charge in [-0.2, -0.15) is 0 Å². The highest BCUT2D eigenvalue weighted by molar-refractivity contribution is 6.02. The van der Waals surface area contributed by atoms with Crippen LogP contribution in [0.25, 0.3) is 0 Å². The minimum Gasteiger partial charge on any atom is -0.548 e. The molecule has 0 fully saturated rings. The second-order valence-electron chi connectivity index (χ2n) is 5.73. The summed E-state index contributed by atoms with van der Waals surface area (Å²) in [5.41, 5.74) is 1.31. The van der Waals surface area contributed by atoms with Gasteiger partial charge in [-0.05, 0) is 30.0 Å². The van der Waals surface area contributed by atoms with Crippen LogP contribution < -0.4 is 10.4 Å². The Bertz CT molecular complexity index is 754. The number of anilines is 1. The van der Waals surface area contributed by atoms with Crippen molar-refractivity contribution in [3.05, 3.63) is 41.0 Å². The van der Waals surface area contributed by atoms with Crippen molar-refractivity contribution in [2.45, 2.75) is 18.4 Å². The SMILES string of the molecule is COC(=O)c1ccc(C(=O)OC)c2c1N[C@H](C(=O)[O-])[C@@H]1CC=C[C@H]21. The lowest BCUT2D eigenvalue weighted by Crippen LogP contribution is -2.49. The van der Waals surface area contributed by atoms with Crippen LogP contribution in [0.3, 0.4) is 0 Å². The molecule has 1 heterocycles. The van der Waals surface area contributed by atoms with E-state index in [-0.39, 0.29) is 23.1 Å². The molecule has 0 saturated heterocycles. The molecule has 1 aromatic rings. The first-order valence-electron chi connectivity index (χ1n) is 7.47. The zero-order valence-corrected chi connectivity index (χ0v) is 13.2. The summed E-state index contributed by atoms with van der Waals surface area (Å²) in [6, 6.07) is 1.96. The maximum absolute atomic E-state index is 12.1. The van der Waals surface area contributed by atoms with Crippen LogP contribution in [0.1, 0.15) is 38.6 Å². The smallest absolute Gasteiger partial charge is 0.339 e. The van der Waals surface area contributed by atoms with Gasteiger partial charge in [0.15, 0.2) is 0 Å². The number of carboxylic acids is 1. The molecule has 126 valence electrons. The van der Waals surface area contributed by atoms with Gasteiger partial charge in [-0.3, -0.25) is 0 Å². The van der Waals surface area contributed by atoms with E-state index < -0.39 is 23.9 Å². The van der Waals surface area contributed by atoms with E-state index in [2.05, 4.69) is 5.32 Å². The van der Waals surface area contributed by atoms with Crippen LogP contribution in [0, 0.1) is 5.92 Å². The van der Waals surface area contributed by atoms with Gasteiger partial charge in [-0.25, -0.2) is 9.59 Å². The van der Waals surface area contributed by atoms with Crippen molar-refractivity contribution in [1.82, 2.24) is 0 Å². The van der Waals surface area contributed by atoms with Gasteiger partial charge in [0, 0.05) is 5.92 Å². The maximum atomic E-state index is 12.1. The number of methoxy groups -OCH3 is 2. The van der Waals surface area contributed by atoms with Crippen molar-refractivity contribution in [3.63, 3.8) is 0 Å². The molecule has 0 unspecified atom stereocenters. The predicted octanol–water partition coefficient (Wildman–Crippen LogP) is 0.463. The fraction of sp³-hybridized carbons (Fsp3) is 0.353. The summed E-state index contributed by atoms with van der Waals surface area (Å²) in [5.74, 6) is -3.02. The first-order chi connectivity index (χ1) is 11.5. The van der Waals surface area contributed by atoms with Gasteiger partial charge in [-0.1, -0.05) is 12.2 Å². The monoisotopic (exact) mass is 330 g/mol. The van der Waals surface area contributed by atoms with E-state index in [1.54, 1.807) is 0 Å². The van der Waals surface area contributed by atoms with E-state index in [0.29, 0.717) is 17.5 Å². The molecule has 0 spiro atoms. The molecule has 0 aromatic heterocycles. The molecule has 7 heteroatoms. The standard InChI is InChI=1S/C17H17NO6/c1-23-16(21)10-6-7-11(17(22)24-2)13-12(10)8-4-3-5-9(8)14(18-13)15(19)20/h3-4,6-9,14,18H,5H2,1-2H3,(H,19,20)/p-1/t8-,9+,14-/m0/s1. The van der Waals surface area contributed by atoms with E-state index in [0.717, 1.165) is 0 Å². The van der Waals surface area contributed by atoms with Crippen molar-refractivity contribution in [3.8, 4) is 0 Å². The predicted molar refractivity (Wildman–Crippen MR) is 81.5 cm³/mol. The van der Waals surface area contributed by atoms with Crippen LogP contribution in [0.2, 0.25) is 0 Å². The topological polar surface area (TPSA) is 105 Å². The van der Waals surface area contributed by atoms with E-state index in [1.807, 2.05) is 12.2 Å². The number of rotatable bonds is 3. The van der Waals surface area contributed by atoms with Crippen molar-refractivity contribution in [2.24, 2.45) is 5.92 Å². The molecule has 3 atom stereocenters. The molecule has 0 amide bonds. The highest BCUT2D eigenvalue weighted by atomic mass is 16.5. The quantitative estimate of drug-likeness (QED) is 0.634. The summed E-state index contributed by atoms with van der Waals surface area (Å²) >= 11 is 0.